The number of hydrogen-bond donors (Lipinski definition) is 1. The molecule has 2 fully saturated rings. The first kappa shape index (κ1) is 11.1. The SMILES string of the molecule is OC(c1cncc(F)c1)(C1CCC1)C1CCC1. The van der Waals surface area contributed by atoms with Crippen molar-refractivity contribution in [2.45, 2.75) is 44.1 Å². The minimum atomic E-state index is -0.828. The molecule has 3 heteroatoms. The van der Waals surface area contributed by atoms with Crippen LogP contribution in [-0.4, -0.2) is 10.1 Å². The van der Waals surface area contributed by atoms with Crippen LogP contribution in [0.2, 0.25) is 0 Å². The van der Waals surface area contributed by atoms with Gasteiger partial charge in [0.2, 0.25) is 0 Å². The second kappa shape index (κ2) is 4.05. The zero-order chi connectivity index (χ0) is 11.9. The van der Waals surface area contributed by atoms with Crippen molar-refractivity contribution >= 4 is 0 Å². The number of aromatic nitrogens is 1. The lowest BCUT2D eigenvalue weighted by Gasteiger charge is -2.49. The summed E-state index contributed by atoms with van der Waals surface area (Å²) in [6.45, 7) is 0. The standard InChI is InChI=1S/C14H18FNO/c15-13-7-12(8-16-9-13)14(17,10-3-1-4-10)11-5-2-6-11/h7-11,17H,1-6H2. The minimum Gasteiger partial charge on any atom is -0.385 e. The van der Waals surface area contributed by atoms with E-state index >= 15 is 0 Å². The van der Waals surface area contributed by atoms with Crippen LogP contribution < -0.4 is 0 Å². The molecule has 0 saturated heterocycles. The molecule has 0 aliphatic heterocycles. The molecule has 1 N–H and O–H groups in total. The molecule has 0 atom stereocenters. The zero-order valence-electron chi connectivity index (χ0n) is 9.90. The van der Waals surface area contributed by atoms with Crippen molar-refractivity contribution in [1.29, 1.82) is 0 Å². The van der Waals surface area contributed by atoms with Crippen molar-refractivity contribution in [2.75, 3.05) is 0 Å². The maximum absolute atomic E-state index is 13.3. The molecular weight excluding hydrogens is 217 g/mol. The molecule has 0 bridgehead atoms. The van der Waals surface area contributed by atoms with E-state index in [-0.39, 0.29) is 5.82 Å². The average molecular weight is 235 g/mol. The Bertz CT molecular complexity index is 398. The van der Waals surface area contributed by atoms with Crippen LogP contribution in [0.1, 0.15) is 44.1 Å². The molecule has 2 aliphatic carbocycles. The molecule has 0 unspecified atom stereocenters. The summed E-state index contributed by atoms with van der Waals surface area (Å²) in [5.74, 6) is 0.257. The summed E-state index contributed by atoms with van der Waals surface area (Å²) < 4.78 is 13.3. The van der Waals surface area contributed by atoms with E-state index in [9.17, 15) is 9.50 Å². The van der Waals surface area contributed by atoms with Gasteiger partial charge in [0.05, 0.1) is 11.8 Å². The summed E-state index contributed by atoms with van der Waals surface area (Å²) in [6, 6.07) is 1.46. The van der Waals surface area contributed by atoms with Crippen LogP contribution >= 0.6 is 0 Å². The largest absolute Gasteiger partial charge is 0.385 e. The van der Waals surface area contributed by atoms with Gasteiger partial charge in [-0.1, -0.05) is 12.8 Å². The maximum atomic E-state index is 13.3. The van der Waals surface area contributed by atoms with Gasteiger partial charge in [-0.3, -0.25) is 4.98 Å². The summed E-state index contributed by atoms with van der Waals surface area (Å²) in [7, 11) is 0. The third-order valence-electron chi connectivity index (χ3n) is 4.62. The molecule has 0 spiro atoms. The van der Waals surface area contributed by atoms with Crippen molar-refractivity contribution in [1.82, 2.24) is 4.98 Å². The molecule has 0 amide bonds. The highest BCUT2D eigenvalue weighted by Gasteiger charge is 2.49. The van der Waals surface area contributed by atoms with Gasteiger partial charge in [-0.15, -0.1) is 0 Å². The van der Waals surface area contributed by atoms with Crippen molar-refractivity contribution in [3.8, 4) is 0 Å². The number of rotatable bonds is 3. The van der Waals surface area contributed by atoms with E-state index in [1.165, 1.54) is 25.1 Å². The zero-order valence-corrected chi connectivity index (χ0v) is 9.90. The molecule has 2 aliphatic rings. The molecule has 1 aromatic rings. The van der Waals surface area contributed by atoms with E-state index < -0.39 is 5.60 Å². The Morgan fingerprint density at radius 1 is 1.12 bits per heavy atom. The number of hydrogen-bond acceptors (Lipinski definition) is 2. The fourth-order valence-electron chi connectivity index (χ4n) is 3.13. The summed E-state index contributed by atoms with van der Waals surface area (Å²) in [5.41, 5.74) is -0.141. The topological polar surface area (TPSA) is 33.1 Å². The summed E-state index contributed by atoms with van der Waals surface area (Å²) in [4.78, 5) is 3.90. The lowest BCUT2D eigenvalue weighted by atomic mass is 9.59. The molecule has 0 radical (unpaired) electrons. The number of pyridine rings is 1. The van der Waals surface area contributed by atoms with Gasteiger partial charge in [-0.25, -0.2) is 4.39 Å². The Kier molecular flexibility index (Phi) is 2.66. The molecule has 2 saturated carbocycles. The molecule has 2 nitrogen and oxygen atoms in total. The summed E-state index contributed by atoms with van der Waals surface area (Å²) in [5, 5.41) is 11.0. The number of aliphatic hydroxyl groups is 1. The molecule has 92 valence electrons. The first-order chi connectivity index (χ1) is 8.21. The van der Waals surface area contributed by atoms with Gasteiger partial charge in [-0.2, -0.15) is 0 Å². The van der Waals surface area contributed by atoms with E-state index in [1.807, 2.05) is 0 Å². The van der Waals surface area contributed by atoms with Gasteiger partial charge in [0, 0.05) is 11.8 Å². The normalized spacial score (nSPS) is 22.0. The van der Waals surface area contributed by atoms with Crippen LogP contribution in [0.5, 0.6) is 0 Å². The fraction of sp³-hybridized carbons (Fsp3) is 0.643. The summed E-state index contributed by atoms with van der Waals surface area (Å²) in [6.07, 6.45) is 9.44. The van der Waals surface area contributed by atoms with Crippen LogP contribution in [0.3, 0.4) is 0 Å². The average Bonchev–Trinajstić information content (AvgIpc) is 2.11. The van der Waals surface area contributed by atoms with E-state index in [4.69, 9.17) is 0 Å². The minimum absolute atomic E-state index is 0.302. The molecule has 3 rings (SSSR count). The van der Waals surface area contributed by atoms with Crippen molar-refractivity contribution in [3.63, 3.8) is 0 Å². The van der Waals surface area contributed by atoms with Gasteiger partial charge in [0.15, 0.2) is 0 Å². The molecule has 1 aromatic heterocycles. The van der Waals surface area contributed by atoms with E-state index in [1.54, 1.807) is 6.20 Å². The van der Waals surface area contributed by atoms with Gasteiger partial charge in [0.25, 0.3) is 0 Å². The molecular formula is C14H18FNO. The fourth-order valence-corrected chi connectivity index (χ4v) is 3.13. The van der Waals surface area contributed by atoms with Crippen LogP contribution in [0, 0.1) is 17.7 Å². The van der Waals surface area contributed by atoms with Crippen LogP contribution in [0.25, 0.3) is 0 Å². The second-order valence-corrected chi connectivity index (χ2v) is 5.47. The maximum Gasteiger partial charge on any atom is 0.141 e. The first-order valence-electron chi connectivity index (χ1n) is 6.54. The highest BCUT2D eigenvalue weighted by atomic mass is 19.1. The van der Waals surface area contributed by atoms with Crippen molar-refractivity contribution in [3.05, 3.63) is 29.8 Å². The lowest BCUT2D eigenvalue weighted by molar-refractivity contribution is -0.126. The van der Waals surface area contributed by atoms with E-state index in [0.717, 1.165) is 25.7 Å². The van der Waals surface area contributed by atoms with Gasteiger partial charge < -0.3 is 5.11 Å². The highest BCUT2D eigenvalue weighted by molar-refractivity contribution is 5.23. The van der Waals surface area contributed by atoms with Crippen LogP contribution in [-0.2, 0) is 5.60 Å². The van der Waals surface area contributed by atoms with Crippen LogP contribution in [0.4, 0.5) is 4.39 Å². The van der Waals surface area contributed by atoms with Gasteiger partial charge >= 0.3 is 0 Å². The lowest BCUT2D eigenvalue weighted by Crippen LogP contribution is -2.48. The predicted octanol–water partition coefficient (Wildman–Crippen LogP) is 3.01. The highest BCUT2D eigenvalue weighted by Crippen LogP contribution is 2.52. The van der Waals surface area contributed by atoms with Crippen molar-refractivity contribution < 1.29 is 9.50 Å². The van der Waals surface area contributed by atoms with E-state index in [0.29, 0.717) is 17.4 Å². The Morgan fingerprint density at radius 2 is 1.71 bits per heavy atom. The predicted molar refractivity (Wildman–Crippen MR) is 62.8 cm³/mol. The summed E-state index contributed by atoms with van der Waals surface area (Å²) >= 11 is 0. The Balaban J connectivity index is 1.97. The Labute approximate surface area is 101 Å². The number of halogens is 1. The monoisotopic (exact) mass is 235 g/mol. The van der Waals surface area contributed by atoms with Crippen LogP contribution in [0.15, 0.2) is 18.5 Å². The third kappa shape index (κ3) is 1.68. The van der Waals surface area contributed by atoms with Gasteiger partial charge in [-0.05, 0) is 43.6 Å². The van der Waals surface area contributed by atoms with Crippen molar-refractivity contribution in [2.24, 2.45) is 11.8 Å². The first-order valence-corrected chi connectivity index (χ1v) is 6.54. The molecule has 17 heavy (non-hydrogen) atoms. The molecule has 1 heterocycles. The van der Waals surface area contributed by atoms with E-state index in [2.05, 4.69) is 4.98 Å². The van der Waals surface area contributed by atoms with Gasteiger partial charge in [0.1, 0.15) is 5.82 Å². The Hall–Kier alpha value is -0.960. The quantitative estimate of drug-likeness (QED) is 0.873. The second-order valence-electron chi connectivity index (χ2n) is 5.47. The smallest absolute Gasteiger partial charge is 0.141 e. The Morgan fingerprint density at radius 3 is 2.12 bits per heavy atom. The molecule has 0 aromatic carbocycles. The number of nitrogens with zero attached hydrogens (tertiary/aromatic N) is 1. The third-order valence-corrected chi connectivity index (χ3v) is 4.62.